The molecule has 0 aromatic heterocycles. The molecule has 0 fully saturated rings. The summed E-state index contributed by atoms with van der Waals surface area (Å²) in [5, 5.41) is 3.51. The molecular weight excluding hydrogens is 206 g/mol. The standard InChI is InChI=1S/C16H25N/c1-15(2,3)11-12-6-7-14-13(10-12)16(4,5)8-9-17-14/h6-7,10,17H,8-9,11H2,1-5H3. The number of hydrogen-bond acceptors (Lipinski definition) is 1. The summed E-state index contributed by atoms with van der Waals surface area (Å²) in [7, 11) is 0. The molecular formula is C16H25N. The van der Waals surface area contributed by atoms with E-state index in [1.807, 2.05) is 0 Å². The van der Waals surface area contributed by atoms with Crippen molar-refractivity contribution >= 4 is 5.69 Å². The first kappa shape index (κ1) is 12.5. The maximum atomic E-state index is 3.51. The van der Waals surface area contributed by atoms with Gasteiger partial charge in [-0.15, -0.1) is 0 Å². The first-order valence-corrected chi connectivity index (χ1v) is 6.65. The largest absolute Gasteiger partial charge is 0.385 e. The molecule has 1 nitrogen and oxygen atoms in total. The number of hydrogen-bond donors (Lipinski definition) is 1. The Morgan fingerprint density at radius 3 is 2.59 bits per heavy atom. The van der Waals surface area contributed by atoms with Gasteiger partial charge in [0.1, 0.15) is 0 Å². The topological polar surface area (TPSA) is 12.0 Å². The van der Waals surface area contributed by atoms with Crippen LogP contribution in [0.5, 0.6) is 0 Å². The summed E-state index contributed by atoms with van der Waals surface area (Å²) in [5.74, 6) is 0. The molecule has 17 heavy (non-hydrogen) atoms. The lowest BCUT2D eigenvalue weighted by Gasteiger charge is -2.34. The van der Waals surface area contributed by atoms with Crippen LogP contribution in [-0.4, -0.2) is 6.54 Å². The third-order valence-electron chi connectivity index (χ3n) is 3.61. The minimum atomic E-state index is 0.314. The van der Waals surface area contributed by atoms with Gasteiger partial charge in [-0.2, -0.15) is 0 Å². The SMILES string of the molecule is CC(C)(C)Cc1ccc2c(c1)C(C)(C)CCN2. The third-order valence-corrected chi connectivity index (χ3v) is 3.61. The molecule has 0 atom stereocenters. The maximum Gasteiger partial charge on any atom is 0.0378 e. The molecule has 0 saturated heterocycles. The minimum absolute atomic E-state index is 0.314. The van der Waals surface area contributed by atoms with E-state index in [0.29, 0.717) is 10.8 Å². The average molecular weight is 231 g/mol. The van der Waals surface area contributed by atoms with E-state index in [1.54, 1.807) is 0 Å². The Balaban J connectivity index is 2.35. The molecule has 94 valence electrons. The molecule has 0 saturated carbocycles. The smallest absolute Gasteiger partial charge is 0.0378 e. The van der Waals surface area contributed by atoms with Crippen LogP contribution in [0.1, 0.15) is 52.2 Å². The molecule has 1 heterocycles. The van der Waals surface area contributed by atoms with E-state index >= 15 is 0 Å². The van der Waals surface area contributed by atoms with Gasteiger partial charge in [-0.25, -0.2) is 0 Å². The van der Waals surface area contributed by atoms with Crippen molar-refractivity contribution in [1.29, 1.82) is 0 Å². The molecule has 0 spiro atoms. The number of rotatable bonds is 1. The van der Waals surface area contributed by atoms with Crippen molar-refractivity contribution in [2.24, 2.45) is 5.41 Å². The summed E-state index contributed by atoms with van der Waals surface area (Å²) < 4.78 is 0. The highest BCUT2D eigenvalue weighted by Crippen LogP contribution is 2.37. The van der Waals surface area contributed by atoms with Gasteiger partial charge in [-0.05, 0) is 40.9 Å². The predicted octanol–water partition coefficient (Wildman–Crippen LogP) is 4.37. The van der Waals surface area contributed by atoms with E-state index in [2.05, 4.69) is 58.1 Å². The average Bonchev–Trinajstić information content (AvgIpc) is 2.16. The Bertz CT molecular complexity index is 410. The molecule has 0 radical (unpaired) electrons. The van der Waals surface area contributed by atoms with Gasteiger partial charge >= 0.3 is 0 Å². The molecule has 1 heteroatoms. The molecule has 0 bridgehead atoms. The summed E-state index contributed by atoms with van der Waals surface area (Å²) in [6, 6.07) is 6.95. The quantitative estimate of drug-likeness (QED) is 0.757. The second-order valence-corrected chi connectivity index (χ2v) is 7.18. The van der Waals surface area contributed by atoms with E-state index in [-0.39, 0.29) is 0 Å². The Morgan fingerprint density at radius 1 is 1.24 bits per heavy atom. The molecule has 0 unspecified atom stereocenters. The highest BCUT2D eigenvalue weighted by atomic mass is 14.9. The summed E-state index contributed by atoms with van der Waals surface area (Å²) in [6.45, 7) is 12.7. The van der Waals surface area contributed by atoms with E-state index in [9.17, 15) is 0 Å². The molecule has 1 N–H and O–H groups in total. The molecule has 1 aliphatic rings. The second-order valence-electron chi connectivity index (χ2n) is 7.18. The lowest BCUT2D eigenvalue weighted by Crippen LogP contribution is -2.28. The van der Waals surface area contributed by atoms with Gasteiger partial charge in [0.05, 0.1) is 0 Å². The number of fused-ring (bicyclic) bond motifs is 1. The molecule has 0 amide bonds. The first-order chi connectivity index (χ1) is 7.78. The lowest BCUT2D eigenvalue weighted by molar-refractivity contribution is 0.410. The zero-order chi connectivity index (χ0) is 12.7. The zero-order valence-electron chi connectivity index (χ0n) is 11.9. The lowest BCUT2D eigenvalue weighted by atomic mass is 9.76. The van der Waals surface area contributed by atoms with E-state index < -0.39 is 0 Å². The van der Waals surface area contributed by atoms with Crippen molar-refractivity contribution in [3.05, 3.63) is 29.3 Å². The van der Waals surface area contributed by atoms with Crippen molar-refractivity contribution < 1.29 is 0 Å². The van der Waals surface area contributed by atoms with Crippen molar-refractivity contribution in [3.63, 3.8) is 0 Å². The minimum Gasteiger partial charge on any atom is -0.385 e. The Kier molecular flexibility index (Phi) is 2.97. The summed E-state index contributed by atoms with van der Waals surface area (Å²) in [4.78, 5) is 0. The van der Waals surface area contributed by atoms with Crippen molar-refractivity contribution in [1.82, 2.24) is 0 Å². The molecule has 2 rings (SSSR count). The van der Waals surface area contributed by atoms with Gasteiger partial charge in [0.15, 0.2) is 0 Å². The van der Waals surface area contributed by atoms with Crippen LogP contribution in [0.15, 0.2) is 18.2 Å². The number of benzene rings is 1. The van der Waals surface area contributed by atoms with Gasteiger partial charge in [0.2, 0.25) is 0 Å². The van der Waals surface area contributed by atoms with Gasteiger partial charge < -0.3 is 5.32 Å². The van der Waals surface area contributed by atoms with E-state index in [1.165, 1.54) is 23.2 Å². The number of nitrogens with one attached hydrogen (secondary N) is 1. The Labute approximate surface area is 106 Å². The van der Waals surface area contributed by atoms with Gasteiger partial charge in [0, 0.05) is 12.2 Å². The second kappa shape index (κ2) is 4.04. The van der Waals surface area contributed by atoms with Crippen LogP contribution in [0.2, 0.25) is 0 Å². The third kappa shape index (κ3) is 2.83. The fourth-order valence-corrected chi connectivity index (χ4v) is 2.67. The van der Waals surface area contributed by atoms with E-state index in [4.69, 9.17) is 0 Å². The molecule has 1 aromatic carbocycles. The fraction of sp³-hybridized carbons (Fsp3) is 0.625. The highest BCUT2D eigenvalue weighted by molar-refractivity contribution is 5.57. The summed E-state index contributed by atoms with van der Waals surface area (Å²) >= 11 is 0. The predicted molar refractivity (Wildman–Crippen MR) is 75.7 cm³/mol. The maximum absolute atomic E-state index is 3.51. The van der Waals surface area contributed by atoms with Crippen molar-refractivity contribution in [3.8, 4) is 0 Å². The van der Waals surface area contributed by atoms with Crippen LogP contribution < -0.4 is 5.32 Å². The van der Waals surface area contributed by atoms with E-state index in [0.717, 1.165) is 13.0 Å². The van der Waals surface area contributed by atoms with Crippen LogP contribution in [0.3, 0.4) is 0 Å². The van der Waals surface area contributed by atoms with Gasteiger partial charge in [-0.3, -0.25) is 0 Å². The summed E-state index contributed by atoms with van der Waals surface area (Å²) in [6.07, 6.45) is 2.37. The fourth-order valence-electron chi connectivity index (χ4n) is 2.67. The monoisotopic (exact) mass is 231 g/mol. The Hall–Kier alpha value is -0.980. The van der Waals surface area contributed by atoms with Crippen LogP contribution in [0.25, 0.3) is 0 Å². The van der Waals surface area contributed by atoms with Crippen LogP contribution in [0, 0.1) is 5.41 Å². The highest BCUT2D eigenvalue weighted by Gasteiger charge is 2.27. The first-order valence-electron chi connectivity index (χ1n) is 6.65. The van der Waals surface area contributed by atoms with Gasteiger partial charge in [0.25, 0.3) is 0 Å². The normalized spacial score (nSPS) is 18.4. The molecule has 0 aliphatic carbocycles. The van der Waals surface area contributed by atoms with Crippen LogP contribution in [-0.2, 0) is 11.8 Å². The Morgan fingerprint density at radius 2 is 1.94 bits per heavy atom. The number of anilines is 1. The van der Waals surface area contributed by atoms with Crippen molar-refractivity contribution in [2.75, 3.05) is 11.9 Å². The van der Waals surface area contributed by atoms with Crippen LogP contribution >= 0.6 is 0 Å². The molecule has 1 aliphatic heterocycles. The summed E-state index contributed by atoms with van der Waals surface area (Å²) in [5.41, 5.74) is 4.96. The van der Waals surface area contributed by atoms with Crippen LogP contribution in [0.4, 0.5) is 5.69 Å². The van der Waals surface area contributed by atoms with Gasteiger partial charge in [-0.1, -0.05) is 46.8 Å². The molecule has 1 aromatic rings. The van der Waals surface area contributed by atoms with Crippen molar-refractivity contribution in [2.45, 2.75) is 52.9 Å². The zero-order valence-corrected chi connectivity index (χ0v) is 11.9.